The van der Waals surface area contributed by atoms with Crippen LogP contribution < -0.4 is 15.7 Å². The fourth-order valence-electron chi connectivity index (χ4n) is 3.55. The third-order valence-corrected chi connectivity index (χ3v) is 5.33. The van der Waals surface area contributed by atoms with Gasteiger partial charge < -0.3 is 10.1 Å². The minimum atomic E-state index is -0.493. The number of aromatic nitrogens is 5. The maximum atomic E-state index is 13.7. The van der Waals surface area contributed by atoms with E-state index >= 15 is 0 Å². The van der Waals surface area contributed by atoms with Crippen LogP contribution in [0.2, 0.25) is 0 Å². The van der Waals surface area contributed by atoms with Crippen LogP contribution in [0.3, 0.4) is 0 Å². The molecule has 3 heterocycles. The monoisotopic (exact) mass is 446 g/mol. The standard InChI is InChI=1S/C23H19FN6O3/c1-14-3-6-16(11-18(14)24)25-21(31)13-30-23(32)28-9-10-29-20(22(28)27-30)12-19(26-29)15-4-7-17(33-2)8-5-15/h3-12H,13H2,1-2H3,(H,25,31). The van der Waals surface area contributed by atoms with Crippen LogP contribution in [0.15, 0.2) is 65.7 Å². The van der Waals surface area contributed by atoms with E-state index in [2.05, 4.69) is 15.5 Å². The molecule has 3 aromatic heterocycles. The predicted octanol–water partition coefficient (Wildman–Crippen LogP) is 2.91. The minimum absolute atomic E-state index is 0.308. The predicted molar refractivity (Wildman–Crippen MR) is 120 cm³/mol. The van der Waals surface area contributed by atoms with Crippen molar-refractivity contribution in [2.75, 3.05) is 12.4 Å². The Labute approximate surface area is 186 Å². The van der Waals surface area contributed by atoms with Gasteiger partial charge in [0.1, 0.15) is 23.6 Å². The Morgan fingerprint density at radius 2 is 1.88 bits per heavy atom. The van der Waals surface area contributed by atoms with Gasteiger partial charge in [0.2, 0.25) is 5.91 Å². The number of carbonyl (C=O) groups is 1. The van der Waals surface area contributed by atoms with Crippen molar-refractivity contribution in [1.82, 2.24) is 23.8 Å². The molecule has 0 saturated carbocycles. The average molecular weight is 446 g/mol. The summed E-state index contributed by atoms with van der Waals surface area (Å²) in [4.78, 5) is 25.2. The molecular formula is C23H19FN6O3. The zero-order valence-electron chi connectivity index (χ0n) is 17.8. The topological polar surface area (TPSA) is 94.9 Å². The van der Waals surface area contributed by atoms with E-state index in [4.69, 9.17) is 4.74 Å². The lowest BCUT2D eigenvalue weighted by molar-refractivity contribution is -0.117. The van der Waals surface area contributed by atoms with Gasteiger partial charge in [-0.2, -0.15) is 5.10 Å². The smallest absolute Gasteiger partial charge is 0.350 e. The van der Waals surface area contributed by atoms with Gasteiger partial charge in [0.25, 0.3) is 0 Å². The first-order chi connectivity index (χ1) is 15.9. The number of carbonyl (C=O) groups excluding carboxylic acids is 1. The highest BCUT2D eigenvalue weighted by Crippen LogP contribution is 2.23. The van der Waals surface area contributed by atoms with Crippen LogP contribution in [0.25, 0.3) is 22.4 Å². The van der Waals surface area contributed by atoms with Crippen molar-refractivity contribution in [1.29, 1.82) is 0 Å². The molecular weight excluding hydrogens is 427 g/mol. The second-order valence-corrected chi connectivity index (χ2v) is 7.53. The number of hydrogen-bond acceptors (Lipinski definition) is 5. The number of anilines is 1. The van der Waals surface area contributed by atoms with Gasteiger partial charge >= 0.3 is 5.69 Å². The number of fused-ring (bicyclic) bond motifs is 3. The third kappa shape index (κ3) is 3.71. The lowest BCUT2D eigenvalue weighted by Crippen LogP contribution is -2.28. The Kier molecular flexibility index (Phi) is 4.89. The Balaban J connectivity index is 1.46. The van der Waals surface area contributed by atoms with Crippen molar-refractivity contribution < 1.29 is 13.9 Å². The molecule has 0 aliphatic heterocycles. The highest BCUT2D eigenvalue weighted by Gasteiger charge is 2.16. The van der Waals surface area contributed by atoms with Gasteiger partial charge in [0.15, 0.2) is 5.65 Å². The van der Waals surface area contributed by atoms with E-state index in [0.29, 0.717) is 28.1 Å². The van der Waals surface area contributed by atoms with Gasteiger partial charge in [0.05, 0.1) is 12.8 Å². The highest BCUT2D eigenvalue weighted by atomic mass is 19.1. The number of rotatable bonds is 5. The maximum Gasteiger partial charge on any atom is 0.350 e. The largest absolute Gasteiger partial charge is 0.497 e. The lowest BCUT2D eigenvalue weighted by Gasteiger charge is -2.05. The molecule has 0 fully saturated rings. The van der Waals surface area contributed by atoms with E-state index in [9.17, 15) is 14.0 Å². The van der Waals surface area contributed by atoms with Crippen molar-refractivity contribution in [3.8, 4) is 17.0 Å². The van der Waals surface area contributed by atoms with Gasteiger partial charge in [-0.15, -0.1) is 5.10 Å². The Hall–Kier alpha value is -4.47. The molecule has 0 unspecified atom stereocenters. The molecule has 2 aromatic carbocycles. The molecule has 0 saturated heterocycles. The van der Waals surface area contributed by atoms with Gasteiger partial charge in [0, 0.05) is 23.6 Å². The molecule has 1 N–H and O–H groups in total. The normalized spacial score (nSPS) is 11.2. The molecule has 33 heavy (non-hydrogen) atoms. The highest BCUT2D eigenvalue weighted by molar-refractivity contribution is 5.90. The van der Waals surface area contributed by atoms with E-state index in [1.54, 1.807) is 43.1 Å². The second-order valence-electron chi connectivity index (χ2n) is 7.53. The molecule has 0 bridgehead atoms. The van der Waals surface area contributed by atoms with Crippen molar-refractivity contribution in [3.63, 3.8) is 0 Å². The number of amides is 1. The van der Waals surface area contributed by atoms with Gasteiger partial charge in [-0.25, -0.2) is 22.8 Å². The van der Waals surface area contributed by atoms with Crippen molar-refractivity contribution in [3.05, 3.63) is 82.8 Å². The number of aryl methyl sites for hydroxylation is 1. The number of nitrogens with one attached hydrogen (secondary N) is 1. The van der Waals surface area contributed by atoms with E-state index in [1.807, 2.05) is 30.3 Å². The fourth-order valence-corrected chi connectivity index (χ4v) is 3.55. The molecule has 0 aliphatic rings. The summed E-state index contributed by atoms with van der Waals surface area (Å²) in [5.41, 5.74) is 2.87. The SMILES string of the molecule is COc1ccc(-c2cc3c4nn(CC(=O)Nc5ccc(C)c(F)c5)c(=O)n4ccn3n2)cc1. The summed E-state index contributed by atoms with van der Waals surface area (Å²) in [6.45, 7) is 1.32. The first-order valence-corrected chi connectivity index (χ1v) is 10.1. The molecule has 10 heteroatoms. The summed E-state index contributed by atoms with van der Waals surface area (Å²) in [6, 6.07) is 13.7. The van der Waals surface area contributed by atoms with Crippen LogP contribution in [0, 0.1) is 12.7 Å². The van der Waals surface area contributed by atoms with Crippen LogP contribution in [0.5, 0.6) is 5.75 Å². The van der Waals surface area contributed by atoms with Crippen molar-refractivity contribution in [2.24, 2.45) is 0 Å². The van der Waals surface area contributed by atoms with Gasteiger partial charge in [-0.05, 0) is 55.0 Å². The average Bonchev–Trinajstić information content (AvgIpc) is 3.38. The summed E-state index contributed by atoms with van der Waals surface area (Å²) in [5.74, 6) is -0.178. The maximum absolute atomic E-state index is 13.7. The van der Waals surface area contributed by atoms with Crippen LogP contribution in [0.1, 0.15) is 5.56 Å². The molecule has 0 atom stereocenters. The minimum Gasteiger partial charge on any atom is -0.497 e. The first-order valence-electron chi connectivity index (χ1n) is 10.1. The third-order valence-electron chi connectivity index (χ3n) is 5.33. The number of nitrogens with zero attached hydrogens (tertiary/aromatic N) is 5. The summed E-state index contributed by atoms with van der Waals surface area (Å²) in [6.07, 6.45) is 3.20. The summed E-state index contributed by atoms with van der Waals surface area (Å²) in [5, 5.41) is 11.5. The Morgan fingerprint density at radius 1 is 1.09 bits per heavy atom. The van der Waals surface area contributed by atoms with Crippen molar-refractivity contribution in [2.45, 2.75) is 13.5 Å². The van der Waals surface area contributed by atoms with E-state index in [1.165, 1.54) is 10.5 Å². The fraction of sp³-hybridized carbons (Fsp3) is 0.130. The number of benzene rings is 2. The summed E-state index contributed by atoms with van der Waals surface area (Å²) >= 11 is 0. The number of methoxy groups -OCH3 is 1. The number of hydrogen-bond donors (Lipinski definition) is 1. The molecule has 5 aromatic rings. The second kappa shape index (κ2) is 7.90. The number of halogens is 1. The number of ether oxygens (including phenoxy) is 1. The molecule has 0 radical (unpaired) electrons. The van der Waals surface area contributed by atoms with Gasteiger partial charge in [-0.1, -0.05) is 6.07 Å². The van der Waals surface area contributed by atoms with Crippen LogP contribution in [0.4, 0.5) is 10.1 Å². The summed E-state index contributed by atoms with van der Waals surface area (Å²) < 4.78 is 23.0. The van der Waals surface area contributed by atoms with Crippen LogP contribution >= 0.6 is 0 Å². The molecule has 0 spiro atoms. The zero-order valence-corrected chi connectivity index (χ0v) is 17.8. The van der Waals surface area contributed by atoms with E-state index in [-0.39, 0.29) is 6.54 Å². The Bertz CT molecular complexity index is 1570. The molecule has 9 nitrogen and oxygen atoms in total. The van der Waals surface area contributed by atoms with E-state index in [0.717, 1.165) is 16.0 Å². The zero-order chi connectivity index (χ0) is 23.1. The van der Waals surface area contributed by atoms with Crippen LogP contribution in [-0.2, 0) is 11.3 Å². The first kappa shape index (κ1) is 20.4. The van der Waals surface area contributed by atoms with Gasteiger partial charge in [-0.3, -0.25) is 4.79 Å². The molecule has 1 amide bonds. The van der Waals surface area contributed by atoms with E-state index < -0.39 is 17.4 Å². The van der Waals surface area contributed by atoms with Crippen molar-refractivity contribution >= 4 is 22.8 Å². The molecule has 166 valence electrons. The molecule has 5 rings (SSSR count). The lowest BCUT2D eigenvalue weighted by atomic mass is 10.1. The summed E-state index contributed by atoms with van der Waals surface area (Å²) in [7, 11) is 1.60. The van der Waals surface area contributed by atoms with Crippen LogP contribution in [-0.4, -0.2) is 36.8 Å². The quantitative estimate of drug-likeness (QED) is 0.448. The molecule has 0 aliphatic carbocycles. The Morgan fingerprint density at radius 3 is 2.61 bits per heavy atom.